The number of aromatic hydroxyl groups is 1. The number of carbonyl (C=O) groups excluding carboxylic acids is 2. The first-order valence-electron chi connectivity index (χ1n) is 9.91. The normalized spacial score (nSPS) is 21.5. The van der Waals surface area contributed by atoms with Crippen molar-refractivity contribution in [2.45, 2.75) is 45.1 Å². The summed E-state index contributed by atoms with van der Waals surface area (Å²) in [6, 6.07) is 12.9. The number of amides is 2. The molecule has 2 heterocycles. The number of imide groups is 1. The Kier molecular flexibility index (Phi) is 4.94. The van der Waals surface area contributed by atoms with Gasteiger partial charge in [0.1, 0.15) is 5.75 Å². The molecule has 28 heavy (non-hydrogen) atoms. The van der Waals surface area contributed by atoms with Crippen molar-refractivity contribution in [2.75, 3.05) is 18.0 Å². The lowest BCUT2D eigenvalue weighted by atomic mass is 9.88. The van der Waals surface area contributed by atoms with Crippen molar-refractivity contribution >= 4 is 17.5 Å². The van der Waals surface area contributed by atoms with Crippen molar-refractivity contribution in [3.8, 4) is 5.75 Å². The number of hydrogen-bond donors (Lipinski definition) is 1. The lowest BCUT2D eigenvalue weighted by Crippen LogP contribution is -2.45. The van der Waals surface area contributed by atoms with E-state index in [1.54, 1.807) is 12.1 Å². The van der Waals surface area contributed by atoms with E-state index in [4.69, 9.17) is 0 Å². The summed E-state index contributed by atoms with van der Waals surface area (Å²) >= 11 is 0. The number of rotatable bonds is 3. The number of hydrogen-bond acceptors (Lipinski definition) is 4. The Hall–Kier alpha value is -2.66. The fourth-order valence-corrected chi connectivity index (χ4v) is 4.59. The number of benzene rings is 2. The number of anilines is 1. The molecule has 2 fully saturated rings. The zero-order chi connectivity index (χ0) is 19.8. The minimum atomic E-state index is -0.354. The minimum absolute atomic E-state index is 0.0921. The van der Waals surface area contributed by atoms with Crippen molar-refractivity contribution in [1.82, 2.24) is 4.90 Å². The molecule has 0 bridgehead atoms. The molecule has 1 atom stereocenters. The Morgan fingerprint density at radius 1 is 0.929 bits per heavy atom. The van der Waals surface area contributed by atoms with Gasteiger partial charge in [-0.2, -0.15) is 0 Å². The molecular formula is C23H26N2O3. The fourth-order valence-electron chi connectivity index (χ4n) is 4.59. The summed E-state index contributed by atoms with van der Waals surface area (Å²) in [4.78, 5) is 29.4. The predicted molar refractivity (Wildman–Crippen MR) is 108 cm³/mol. The first-order chi connectivity index (χ1) is 13.5. The molecule has 2 aliphatic heterocycles. The number of para-hydroxylation sites is 1. The molecule has 5 heteroatoms. The van der Waals surface area contributed by atoms with Gasteiger partial charge in [0, 0.05) is 0 Å². The summed E-state index contributed by atoms with van der Waals surface area (Å²) in [7, 11) is 0. The van der Waals surface area contributed by atoms with Crippen LogP contribution in [0.1, 0.15) is 41.9 Å². The summed E-state index contributed by atoms with van der Waals surface area (Å²) in [5.41, 5.74) is 3.88. The largest absolute Gasteiger partial charge is 0.508 e. The van der Waals surface area contributed by atoms with Crippen LogP contribution in [-0.4, -0.2) is 41.0 Å². The second-order valence-electron chi connectivity index (χ2n) is 7.93. The molecule has 0 aromatic heterocycles. The number of phenols is 1. The van der Waals surface area contributed by atoms with Crippen LogP contribution in [-0.2, 0) is 9.59 Å². The third-order valence-corrected chi connectivity index (χ3v) is 6.12. The molecule has 0 spiro atoms. The van der Waals surface area contributed by atoms with Gasteiger partial charge < -0.3 is 5.11 Å². The van der Waals surface area contributed by atoms with E-state index in [2.05, 4.69) is 4.90 Å². The van der Waals surface area contributed by atoms with Crippen LogP contribution in [0.15, 0.2) is 42.5 Å². The molecule has 2 aromatic rings. The second kappa shape index (κ2) is 7.40. The number of nitrogens with zero attached hydrogens (tertiary/aromatic N) is 2. The van der Waals surface area contributed by atoms with Crippen LogP contribution in [0.4, 0.5) is 5.69 Å². The van der Waals surface area contributed by atoms with Gasteiger partial charge in [0.15, 0.2) is 0 Å². The smallest absolute Gasteiger partial charge is 0.251 e. The average Bonchev–Trinajstić information content (AvgIpc) is 2.97. The van der Waals surface area contributed by atoms with Crippen LogP contribution < -0.4 is 4.90 Å². The van der Waals surface area contributed by atoms with Crippen molar-refractivity contribution in [3.63, 3.8) is 0 Å². The van der Waals surface area contributed by atoms with E-state index < -0.39 is 0 Å². The van der Waals surface area contributed by atoms with Gasteiger partial charge in [-0.25, -0.2) is 4.90 Å². The van der Waals surface area contributed by atoms with Crippen molar-refractivity contribution in [1.29, 1.82) is 0 Å². The molecule has 146 valence electrons. The maximum Gasteiger partial charge on any atom is 0.251 e. The van der Waals surface area contributed by atoms with Crippen LogP contribution in [0.5, 0.6) is 5.75 Å². The number of likely N-dealkylation sites (tertiary alicyclic amines) is 1. The highest BCUT2D eigenvalue weighted by atomic mass is 16.3. The first-order valence-corrected chi connectivity index (χ1v) is 9.91. The molecule has 4 rings (SSSR count). The number of phenolic OH excluding ortho intramolecular Hbond substituents is 1. The van der Waals surface area contributed by atoms with E-state index in [1.165, 1.54) is 10.5 Å². The third-order valence-electron chi connectivity index (χ3n) is 6.12. The molecular weight excluding hydrogens is 352 g/mol. The standard InChI is InChI=1S/C23H26N2O3/c1-15-4-3-5-16(2)22(15)25-21(27)14-20(23(25)28)24-12-10-18(11-13-24)17-6-8-19(26)9-7-17/h3-9,18,20,26H,10-14H2,1-2H3/t20-/m0/s1. The lowest BCUT2D eigenvalue weighted by molar-refractivity contribution is -0.123. The topological polar surface area (TPSA) is 60.9 Å². The van der Waals surface area contributed by atoms with Gasteiger partial charge >= 0.3 is 0 Å². The van der Waals surface area contributed by atoms with Crippen LogP contribution in [0, 0.1) is 13.8 Å². The van der Waals surface area contributed by atoms with E-state index in [0.717, 1.165) is 42.7 Å². The van der Waals surface area contributed by atoms with Gasteiger partial charge in [0.25, 0.3) is 5.91 Å². The van der Waals surface area contributed by atoms with Gasteiger partial charge in [0.2, 0.25) is 5.91 Å². The van der Waals surface area contributed by atoms with Gasteiger partial charge in [0.05, 0.1) is 18.2 Å². The van der Waals surface area contributed by atoms with E-state index in [9.17, 15) is 14.7 Å². The maximum absolute atomic E-state index is 13.1. The van der Waals surface area contributed by atoms with E-state index in [0.29, 0.717) is 5.92 Å². The van der Waals surface area contributed by atoms with Gasteiger partial charge in [-0.15, -0.1) is 0 Å². The molecule has 0 saturated carbocycles. The number of piperidine rings is 1. The Morgan fingerprint density at radius 3 is 2.14 bits per heavy atom. The van der Waals surface area contributed by atoms with E-state index >= 15 is 0 Å². The third kappa shape index (κ3) is 3.31. The van der Waals surface area contributed by atoms with E-state index in [-0.39, 0.29) is 30.0 Å². The molecule has 2 aliphatic rings. The number of carbonyl (C=O) groups is 2. The fraction of sp³-hybridized carbons (Fsp3) is 0.391. The molecule has 1 N–H and O–H groups in total. The highest BCUT2D eigenvalue weighted by Crippen LogP contribution is 2.34. The summed E-state index contributed by atoms with van der Waals surface area (Å²) in [5, 5.41) is 9.47. The first kappa shape index (κ1) is 18.7. The maximum atomic E-state index is 13.1. The molecule has 2 aromatic carbocycles. The Morgan fingerprint density at radius 2 is 1.54 bits per heavy atom. The predicted octanol–water partition coefficient (Wildman–Crippen LogP) is 3.52. The van der Waals surface area contributed by atoms with Crippen LogP contribution in [0.2, 0.25) is 0 Å². The Balaban J connectivity index is 1.47. The van der Waals surface area contributed by atoms with Gasteiger partial charge in [-0.1, -0.05) is 30.3 Å². The van der Waals surface area contributed by atoms with Crippen molar-refractivity contribution in [3.05, 3.63) is 59.2 Å². The Labute approximate surface area is 165 Å². The molecule has 0 radical (unpaired) electrons. The zero-order valence-corrected chi connectivity index (χ0v) is 16.4. The van der Waals surface area contributed by atoms with Crippen LogP contribution >= 0.6 is 0 Å². The van der Waals surface area contributed by atoms with Gasteiger partial charge in [-0.3, -0.25) is 14.5 Å². The average molecular weight is 378 g/mol. The number of aryl methyl sites for hydroxylation is 2. The minimum Gasteiger partial charge on any atom is -0.508 e. The summed E-state index contributed by atoms with van der Waals surface area (Å²) in [6.45, 7) is 5.49. The summed E-state index contributed by atoms with van der Waals surface area (Å²) in [5.74, 6) is 0.514. The Bertz CT molecular complexity index is 878. The van der Waals surface area contributed by atoms with Crippen molar-refractivity contribution in [2.24, 2.45) is 0 Å². The monoisotopic (exact) mass is 378 g/mol. The van der Waals surface area contributed by atoms with Gasteiger partial charge in [-0.05, 0) is 74.5 Å². The molecule has 5 nitrogen and oxygen atoms in total. The summed E-state index contributed by atoms with van der Waals surface area (Å²) in [6.07, 6.45) is 2.16. The van der Waals surface area contributed by atoms with Crippen LogP contribution in [0.3, 0.4) is 0 Å². The van der Waals surface area contributed by atoms with E-state index in [1.807, 2.05) is 44.2 Å². The van der Waals surface area contributed by atoms with Crippen molar-refractivity contribution < 1.29 is 14.7 Å². The van der Waals surface area contributed by atoms with Crippen LogP contribution in [0.25, 0.3) is 0 Å². The highest BCUT2D eigenvalue weighted by molar-refractivity contribution is 6.23. The molecule has 2 amide bonds. The quantitative estimate of drug-likeness (QED) is 0.830. The summed E-state index contributed by atoms with van der Waals surface area (Å²) < 4.78 is 0. The molecule has 0 unspecified atom stereocenters. The second-order valence-corrected chi connectivity index (χ2v) is 7.93. The lowest BCUT2D eigenvalue weighted by Gasteiger charge is -2.35. The highest BCUT2D eigenvalue weighted by Gasteiger charge is 2.44. The molecule has 0 aliphatic carbocycles. The SMILES string of the molecule is Cc1cccc(C)c1N1C(=O)C[C@H](N2CCC(c3ccc(O)cc3)CC2)C1=O. The zero-order valence-electron chi connectivity index (χ0n) is 16.4. The molecule has 2 saturated heterocycles.